The number of rotatable bonds is 3. The fraction of sp³-hybridized carbons (Fsp3) is 0.167. The predicted molar refractivity (Wildman–Crippen MR) is 69.1 cm³/mol. The Morgan fingerprint density at radius 1 is 1.29 bits per heavy atom. The van der Waals surface area contributed by atoms with Crippen molar-refractivity contribution in [2.75, 3.05) is 5.73 Å². The lowest BCUT2D eigenvalue weighted by Crippen LogP contribution is -2.24. The molecule has 1 aromatic carbocycles. The molecular formula is C12H9F4N3OS. The maximum absolute atomic E-state index is 12.7. The third-order valence-corrected chi connectivity index (χ3v) is 3.37. The molecule has 0 fully saturated rings. The van der Waals surface area contributed by atoms with E-state index in [2.05, 4.69) is 10.3 Å². The molecule has 112 valence electrons. The average Bonchev–Trinajstić information content (AvgIpc) is 2.80. The number of aromatic nitrogens is 1. The molecule has 0 spiro atoms. The minimum Gasteiger partial charge on any atom is -0.375 e. The lowest BCUT2D eigenvalue weighted by molar-refractivity contribution is -0.141. The van der Waals surface area contributed by atoms with Gasteiger partial charge in [0, 0.05) is 6.54 Å². The summed E-state index contributed by atoms with van der Waals surface area (Å²) in [5, 5.41) is 1.98. The van der Waals surface area contributed by atoms with Crippen molar-refractivity contribution in [2.45, 2.75) is 12.7 Å². The number of alkyl halides is 3. The molecule has 0 aliphatic heterocycles. The van der Waals surface area contributed by atoms with E-state index < -0.39 is 28.5 Å². The van der Waals surface area contributed by atoms with Crippen LogP contribution >= 0.6 is 11.3 Å². The second-order valence-electron chi connectivity index (χ2n) is 4.04. The molecule has 0 aliphatic rings. The molecule has 2 aromatic rings. The molecule has 1 heterocycles. The van der Waals surface area contributed by atoms with E-state index in [1.54, 1.807) is 0 Å². The number of nitrogens with two attached hydrogens (primary N) is 1. The first-order valence-corrected chi connectivity index (χ1v) is 6.45. The number of thiazole rings is 1. The van der Waals surface area contributed by atoms with Crippen molar-refractivity contribution >= 4 is 22.4 Å². The summed E-state index contributed by atoms with van der Waals surface area (Å²) in [6.07, 6.45) is -4.75. The van der Waals surface area contributed by atoms with Gasteiger partial charge >= 0.3 is 6.18 Å². The van der Waals surface area contributed by atoms with E-state index in [0.29, 0.717) is 16.9 Å². The number of anilines is 1. The molecule has 0 radical (unpaired) electrons. The van der Waals surface area contributed by atoms with E-state index in [4.69, 9.17) is 5.73 Å². The summed E-state index contributed by atoms with van der Waals surface area (Å²) in [7, 11) is 0. The molecule has 0 unspecified atom stereocenters. The molecule has 1 aromatic heterocycles. The molecule has 2 rings (SSSR count). The standard InChI is InChI=1S/C12H9F4N3OS/c13-7-3-1-6(2-4-7)5-18-10(20)8-9(12(14,15)16)19-11(17)21-8/h1-4H,5H2,(H2,17,19)(H,18,20). The second-order valence-corrected chi connectivity index (χ2v) is 5.07. The van der Waals surface area contributed by atoms with Gasteiger partial charge in [0.15, 0.2) is 10.8 Å². The Labute approximate surface area is 120 Å². The Morgan fingerprint density at radius 3 is 2.48 bits per heavy atom. The monoisotopic (exact) mass is 319 g/mol. The van der Waals surface area contributed by atoms with Gasteiger partial charge in [0.1, 0.15) is 10.7 Å². The first-order valence-electron chi connectivity index (χ1n) is 5.63. The number of nitrogens with zero attached hydrogens (tertiary/aromatic N) is 1. The van der Waals surface area contributed by atoms with E-state index in [9.17, 15) is 22.4 Å². The number of hydrogen-bond donors (Lipinski definition) is 2. The van der Waals surface area contributed by atoms with Crippen molar-refractivity contribution in [3.8, 4) is 0 Å². The number of carbonyl (C=O) groups excluding carboxylic acids is 1. The summed E-state index contributed by atoms with van der Waals surface area (Å²) < 4.78 is 50.8. The van der Waals surface area contributed by atoms with Gasteiger partial charge in [-0.3, -0.25) is 4.79 Å². The van der Waals surface area contributed by atoms with Crippen molar-refractivity contribution in [1.29, 1.82) is 0 Å². The number of nitrogens with one attached hydrogen (secondary N) is 1. The summed E-state index contributed by atoms with van der Waals surface area (Å²) in [6.45, 7) is -0.0335. The van der Waals surface area contributed by atoms with Gasteiger partial charge in [-0.25, -0.2) is 9.37 Å². The fourth-order valence-electron chi connectivity index (χ4n) is 1.55. The van der Waals surface area contributed by atoms with Gasteiger partial charge in [0.2, 0.25) is 0 Å². The van der Waals surface area contributed by atoms with Crippen LogP contribution in [0.25, 0.3) is 0 Å². The molecule has 0 saturated heterocycles. The lowest BCUT2D eigenvalue weighted by Gasteiger charge is -2.07. The van der Waals surface area contributed by atoms with E-state index in [1.807, 2.05) is 0 Å². The zero-order valence-corrected chi connectivity index (χ0v) is 11.2. The van der Waals surface area contributed by atoms with Gasteiger partial charge in [0.05, 0.1) is 0 Å². The highest BCUT2D eigenvalue weighted by Crippen LogP contribution is 2.35. The highest BCUT2D eigenvalue weighted by Gasteiger charge is 2.39. The number of carbonyl (C=O) groups is 1. The Morgan fingerprint density at radius 2 is 1.90 bits per heavy atom. The Bertz CT molecular complexity index is 652. The first kappa shape index (κ1) is 15.2. The zero-order valence-electron chi connectivity index (χ0n) is 10.4. The van der Waals surface area contributed by atoms with Gasteiger partial charge in [-0.05, 0) is 17.7 Å². The third kappa shape index (κ3) is 3.69. The van der Waals surface area contributed by atoms with Crippen molar-refractivity contribution < 1.29 is 22.4 Å². The van der Waals surface area contributed by atoms with Gasteiger partial charge in [-0.15, -0.1) is 0 Å². The molecular weight excluding hydrogens is 310 g/mol. The normalized spacial score (nSPS) is 11.4. The molecule has 3 N–H and O–H groups in total. The summed E-state index contributed by atoms with van der Waals surface area (Å²) >= 11 is 0.462. The zero-order chi connectivity index (χ0) is 15.6. The van der Waals surface area contributed by atoms with E-state index >= 15 is 0 Å². The Kier molecular flexibility index (Phi) is 4.12. The molecule has 9 heteroatoms. The molecule has 21 heavy (non-hydrogen) atoms. The Balaban J connectivity index is 2.12. The topological polar surface area (TPSA) is 68.0 Å². The smallest absolute Gasteiger partial charge is 0.375 e. The summed E-state index contributed by atoms with van der Waals surface area (Å²) in [5.74, 6) is -1.37. The van der Waals surface area contributed by atoms with E-state index in [-0.39, 0.29) is 11.7 Å². The number of halogens is 4. The number of nitrogen functional groups attached to an aromatic ring is 1. The number of amides is 1. The first-order chi connectivity index (χ1) is 9.77. The molecule has 0 atom stereocenters. The van der Waals surface area contributed by atoms with E-state index in [0.717, 1.165) is 0 Å². The third-order valence-electron chi connectivity index (χ3n) is 2.48. The number of benzene rings is 1. The van der Waals surface area contributed by atoms with Crippen molar-refractivity contribution in [2.24, 2.45) is 0 Å². The van der Waals surface area contributed by atoms with Crippen LogP contribution in [-0.2, 0) is 12.7 Å². The van der Waals surface area contributed by atoms with Crippen molar-refractivity contribution in [3.63, 3.8) is 0 Å². The fourth-order valence-corrected chi connectivity index (χ4v) is 2.32. The minimum atomic E-state index is -4.75. The quantitative estimate of drug-likeness (QED) is 0.855. The minimum absolute atomic E-state index is 0.0335. The highest BCUT2D eigenvalue weighted by molar-refractivity contribution is 7.17. The van der Waals surface area contributed by atoms with Crippen LogP contribution in [0.4, 0.5) is 22.7 Å². The van der Waals surface area contributed by atoms with Gasteiger partial charge in [-0.1, -0.05) is 23.5 Å². The summed E-state index contributed by atoms with van der Waals surface area (Å²) in [4.78, 5) is 14.3. The molecule has 0 aliphatic carbocycles. The predicted octanol–water partition coefficient (Wildman–Crippen LogP) is 2.81. The van der Waals surface area contributed by atoms with E-state index in [1.165, 1.54) is 24.3 Å². The number of hydrogen-bond acceptors (Lipinski definition) is 4. The van der Waals surface area contributed by atoms with Gasteiger partial charge < -0.3 is 11.1 Å². The largest absolute Gasteiger partial charge is 0.435 e. The van der Waals surface area contributed by atoms with Crippen molar-refractivity contribution in [3.05, 3.63) is 46.2 Å². The van der Waals surface area contributed by atoms with Crippen LogP contribution in [0, 0.1) is 5.82 Å². The van der Waals surface area contributed by atoms with Crippen LogP contribution in [0.2, 0.25) is 0 Å². The average molecular weight is 319 g/mol. The maximum atomic E-state index is 12.7. The van der Waals surface area contributed by atoms with Crippen LogP contribution in [0.1, 0.15) is 20.9 Å². The molecule has 4 nitrogen and oxygen atoms in total. The highest BCUT2D eigenvalue weighted by atomic mass is 32.1. The van der Waals surface area contributed by atoms with Crippen LogP contribution in [0.15, 0.2) is 24.3 Å². The van der Waals surface area contributed by atoms with Crippen molar-refractivity contribution in [1.82, 2.24) is 10.3 Å². The van der Waals surface area contributed by atoms with Gasteiger partial charge in [0.25, 0.3) is 5.91 Å². The Hall–Kier alpha value is -2.16. The SMILES string of the molecule is Nc1nc(C(F)(F)F)c(C(=O)NCc2ccc(F)cc2)s1. The summed E-state index contributed by atoms with van der Waals surface area (Å²) in [5.41, 5.74) is 4.47. The second kappa shape index (κ2) is 5.68. The lowest BCUT2D eigenvalue weighted by atomic mass is 10.2. The molecule has 0 bridgehead atoms. The molecule has 1 amide bonds. The van der Waals surface area contributed by atoms with Gasteiger partial charge in [-0.2, -0.15) is 13.2 Å². The van der Waals surface area contributed by atoms with Crippen LogP contribution in [-0.4, -0.2) is 10.9 Å². The van der Waals surface area contributed by atoms with Crippen LogP contribution in [0.3, 0.4) is 0 Å². The molecule has 0 saturated carbocycles. The van der Waals surface area contributed by atoms with Crippen LogP contribution in [0.5, 0.6) is 0 Å². The van der Waals surface area contributed by atoms with Crippen LogP contribution < -0.4 is 11.1 Å². The summed E-state index contributed by atoms with van der Waals surface area (Å²) in [6, 6.07) is 5.21. The maximum Gasteiger partial charge on any atom is 0.435 e.